The first-order valence-corrected chi connectivity index (χ1v) is 9.44. The zero-order valence-electron chi connectivity index (χ0n) is 15.0. The highest BCUT2D eigenvalue weighted by molar-refractivity contribution is 8.00. The predicted octanol–water partition coefficient (Wildman–Crippen LogP) is 1.85. The van der Waals surface area contributed by atoms with Gasteiger partial charge in [-0.15, -0.1) is 0 Å². The molecule has 3 rings (SSSR count). The minimum absolute atomic E-state index is 0.219. The number of aromatic amines is 1. The van der Waals surface area contributed by atoms with E-state index in [1.165, 1.54) is 10.7 Å². The number of hydrogen-bond acceptors (Lipinski definition) is 5. The monoisotopic (exact) mass is 399 g/mol. The molecule has 0 radical (unpaired) electrons. The molecule has 0 fully saturated rings. The van der Waals surface area contributed by atoms with E-state index in [0.717, 1.165) is 11.8 Å². The van der Waals surface area contributed by atoms with Gasteiger partial charge < -0.3 is 11.1 Å². The van der Waals surface area contributed by atoms with Gasteiger partial charge >= 0.3 is 10.7 Å². The van der Waals surface area contributed by atoms with Gasteiger partial charge in [0.2, 0.25) is 11.6 Å². The zero-order valence-corrected chi connectivity index (χ0v) is 15.9. The number of carbonyl (C=O) groups is 2. The summed E-state index contributed by atoms with van der Waals surface area (Å²) >= 11 is 1.08. The van der Waals surface area contributed by atoms with Crippen molar-refractivity contribution in [1.82, 2.24) is 5.27 Å². The van der Waals surface area contributed by atoms with Gasteiger partial charge in [0.1, 0.15) is 0 Å². The summed E-state index contributed by atoms with van der Waals surface area (Å²) in [7, 11) is 0. The molecule has 0 saturated heterocycles. The third-order valence-electron chi connectivity index (χ3n) is 3.99. The number of H-pyrrole nitrogens is 1. The summed E-state index contributed by atoms with van der Waals surface area (Å²) in [5.74, 6) is -0.980. The lowest BCUT2D eigenvalue weighted by Gasteiger charge is -2.13. The van der Waals surface area contributed by atoms with Crippen molar-refractivity contribution in [1.29, 1.82) is 0 Å². The van der Waals surface area contributed by atoms with E-state index in [9.17, 15) is 14.4 Å². The largest absolute Gasteiger partial charge is 0.442 e. The number of nitrogens with one attached hydrogen (secondary N) is 2. The molecule has 1 atom stereocenters. The molecule has 1 unspecified atom stereocenters. The average molecular weight is 399 g/mol. The molecule has 2 amide bonds. The van der Waals surface area contributed by atoms with Crippen LogP contribution < -0.4 is 21.4 Å². The molecule has 0 bridgehead atoms. The van der Waals surface area contributed by atoms with Crippen LogP contribution in [-0.4, -0.2) is 22.3 Å². The van der Waals surface area contributed by atoms with Crippen molar-refractivity contribution in [2.75, 3.05) is 5.32 Å². The number of carbonyl (C=O) groups excluding carboxylic acids is 2. The van der Waals surface area contributed by atoms with Gasteiger partial charge in [0.15, 0.2) is 0 Å². The molecule has 0 spiro atoms. The van der Waals surface area contributed by atoms with Crippen LogP contribution in [0.25, 0.3) is 5.69 Å². The molecule has 9 heteroatoms. The Morgan fingerprint density at radius 1 is 1.18 bits per heavy atom. The summed E-state index contributed by atoms with van der Waals surface area (Å²) in [6.45, 7) is 1.83. The van der Waals surface area contributed by atoms with E-state index in [2.05, 4.69) is 10.6 Å². The van der Waals surface area contributed by atoms with Crippen LogP contribution in [0, 0.1) is 0 Å². The Bertz CT molecular complexity index is 1050. The number of para-hydroxylation sites is 2. The van der Waals surface area contributed by atoms with Crippen LogP contribution in [0.5, 0.6) is 0 Å². The van der Waals surface area contributed by atoms with E-state index >= 15 is 0 Å². The molecule has 4 N–H and O–H groups in total. The maximum atomic E-state index is 12.8. The Labute approximate surface area is 164 Å². The van der Waals surface area contributed by atoms with Crippen LogP contribution in [0.2, 0.25) is 0 Å². The number of rotatable bonds is 7. The Kier molecular flexibility index (Phi) is 5.95. The zero-order chi connectivity index (χ0) is 20.1. The third-order valence-corrected chi connectivity index (χ3v) is 5.39. The topological polar surface area (TPSA) is 122 Å². The van der Waals surface area contributed by atoms with E-state index in [1.54, 1.807) is 30.3 Å². The van der Waals surface area contributed by atoms with Crippen molar-refractivity contribution in [3.05, 3.63) is 70.6 Å². The first-order valence-electron chi connectivity index (χ1n) is 8.56. The molecule has 1 aromatic heterocycles. The lowest BCUT2D eigenvalue weighted by molar-refractivity contribution is -0.704. The first-order chi connectivity index (χ1) is 13.5. The number of primary amides is 1. The van der Waals surface area contributed by atoms with E-state index in [-0.39, 0.29) is 16.5 Å². The molecule has 0 aliphatic heterocycles. The molecule has 3 aromatic rings. The number of hydrogen-bond donors (Lipinski definition) is 3. The van der Waals surface area contributed by atoms with Crippen LogP contribution in [0.3, 0.4) is 0 Å². The van der Waals surface area contributed by atoms with Crippen LogP contribution in [0.4, 0.5) is 5.69 Å². The summed E-state index contributed by atoms with van der Waals surface area (Å²) in [5.41, 5.74) is 6.03. The van der Waals surface area contributed by atoms with Crippen molar-refractivity contribution < 1.29 is 18.8 Å². The Morgan fingerprint density at radius 2 is 1.86 bits per heavy atom. The second-order valence-corrected chi connectivity index (χ2v) is 7.06. The number of amides is 2. The molecule has 2 aromatic carbocycles. The van der Waals surface area contributed by atoms with Crippen LogP contribution in [-0.2, 0) is 4.79 Å². The lowest BCUT2D eigenvalue weighted by Crippen LogP contribution is -2.37. The predicted molar refractivity (Wildman–Crippen MR) is 104 cm³/mol. The maximum Gasteiger partial charge on any atom is 0.442 e. The molecule has 0 saturated carbocycles. The van der Waals surface area contributed by atoms with Gasteiger partial charge in [-0.2, -0.15) is 0 Å². The van der Waals surface area contributed by atoms with Gasteiger partial charge in [-0.1, -0.05) is 37.3 Å². The van der Waals surface area contributed by atoms with Gasteiger partial charge in [0.25, 0.3) is 5.91 Å². The number of benzene rings is 2. The van der Waals surface area contributed by atoms with Crippen LogP contribution in [0.1, 0.15) is 23.7 Å². The second-order valence-electron chi connectivity index (χ2n) is 5.87. The summed E-state index contributed by atoms with van der Waals surface area (Å²) < 4.78 is 6.40. The van der Waals surface area contributed by atoms with E-state index in [4.69, 9.17) is 10.3 Å². The van der Waals surface area contributed by atoms with Crippen LogP contribution >= 0.6 is 11.8 Å². The quantitative estimate of drug-likeness (QED) is 0.413. The molecule has 0 aliphatic carbocycles. The third kappa shape index (κ3) is 4.15. The van der Waals surface area contributed by atoms with Crippen molar-refractivity contribution >= 4 is 29.3 Å². The number of thioether (sulfide) groups is 1. The molecular weight excluding hydrogens is 380 g/mol. The van der Waals surface area contributed by atoms with Crippen molar-refractivity contribution in [2.45, 2.75) is 23.6 Å². The Morgan fingerprint density at radius 3 is 2.54 bits per heavy atom. The lowest BCUT2D eigenvalue weighted by atomic mass is 10.1. The highest BCUT2D eigenvalue weighted by Gasteiger charge is 2.30. The number of anilines is 1. The Balaban J connectivity index is 1.84. The minimum atomic E-state index is -0.634. The SMILES string of the molecule is CCC(Sc1c(=O)o[nH][n+]1-c1ccccc1)C(=O)Nc1ccccc1C(N)=O. The van der Waals surface area contributed by atoms with E-state index < -0.39 is 16.8 Å². The van der Waals surface area contributed by atoms with Crippen molar-refractivity contribution in [3.63, 3.8) is 0 Å². The molecule has 0 aliphatic rings. The van der Waals surface area contributed by atoms with Gasteiger partial charge in [-0.3, -0.25) is 14.1 Å². The second kappa shape index (κ2) is 8.57. The fraction of sp³-hybridized carbons (Fsp3) is 0.158. The molecule has 8 nitrogen and oxygen atoms in total. The first kappa shape index (κ1) is 19.4. The minimum Gasteiger partial charge on any atom is -0.366 e. The number of nitrogens with zero attached hydrogens (tertiary/aromatic N) is 1. The Hall–Kier alpha value is -3.33. The standard InChI is InChI=1S/C19H18N4O4S/c1-2-15(17(25)21-14-11-7-6-10-13(14)16(20)24)28-18-19(26)27-22-23(18)12-8-4-3-5-9-12/h3-11,15H,2H2,1H3,(H3-,20,21,22,24,25,26)/p+1. The highest BCUT2D eigenvalue weighted by Crippen LogP contribution is 2.23. The average Bonchev–Trinajstić information content (AvgIpc) is 3.07. The van der Waals surface area contributed by atoms with Gasteiger partial charge in [0, 0.05) is 12.1 Å². The maximum absolute atomic E-state index is 12.8. The van der Waals surface area contributed by atoms with E-state index in [0.29, 0.717) is 17.8 Å². The number of aromatic nitrogens is 2. The smallest absolute Gasteiger partial charge is 0.366 e. The molecule has 144 valence electrons. The summed E-state index contributed by atoms with van der Waals surface area (Å²) in [5, 5.41) is 4.93. The number of nitrogens with two attached hydrogens (primary N) is 1. The van der Waals surface area contributed by atoms with E-state index in [1.807, 2.05) is 25.1 Å². The highest BCUT2D eigenvalue weighted by atomic mass is 32.2. The van der Waals surface area contributed by atoms with Crippen molar-refractivity contribution in [2.24, 2.45) is 5.73 Å². The molecule has 28 heavy (non-hydrogen) atoms. The normalized spacial score (nSPS) is 11.8. The van der Waals surface area contributed by atoms with Crippen molar-refractivity contribution in [3.8, 4) is 5.69 Å². The van der Waals surface area contributed by atoms with Gasteiger partial charge in [-0.25, -0.2) is 4.79 Å². The van der Waals surface area contributed by atoms with Gasteiger partial charge in [-0.05, 0) is 40.3 Å². The fourth-order valence-electron chi connectivity index (χ4n) is 2.59. The summed E-state index contributed by atoms with van der Waals surface area (Å²) in [4.78, 5) is 36.5. The fourth-order valence-corrected chi connectivity index (χ4v) is 3.58. The summed E-state index contributed by atoms with van der Waals surface area (Å²) in [6, 6.07) is 15.6. The van der Waals surface area contributed by atoms with Gasteiger partial charge in [0.05, 0.1) is 16.5 Å². The van der Waals surface area contributed by atoms with Crippen LogP contribution in [0.15, 0.2) is 68.9 Å². The molecule has 1 heterocycles. The molecular formula is C19H19N4O4S+. The summed E-state index contributed by atoms with van der Waals surface area (Å²) in [6.07, 6.45) is 0.453.